The second-order valence-electron chi connectivity index (χ2n) is 7.61. The fraction of sp³-hybridized carbons (Fsp3) is 0.391. The summed E-state index contributed by atoms with van der Waals surface area (Å²) in [5.41, 5.74) is 5.68. The van der Waals surface area contributed by atoms with Crippen molar-refractivity contribution in [2.45, 2.75) is 19.3 Å². The van der Waals surface area contributed by atoms with E-state index in [0.717, 1.165) is 5.75 Å². The highest BCUT2D eigenvalue weighted by molar-refractivity contribution is 5.95. The fourth-order valence-electron chi connectivity index (χ4n) is 3.83. The maximum atomic E-state index is 13.0. The van der Waals surface area contributed by atoms with E-state index in [1.54, 1.807) is 30.2 Å². The summed E-state index contributed by atoms with van der Waals surface area (Å²) in [4.78, 5) is 26.5. The van der Waals surface area contributed by atoms with Crippen molar-refractivity contribution in [3.05, 3.63) is 54.1 Å². The summed E-state index contributed by atoms with van der Waals surface area (Å²) >= 11 is 0. The first kappa shape index (κ1) is 21.5. The molecule has 0 aliphatic carbocycles. The van der Waals surface area contributed by atoms with E-state index in [1.165, 1.54) is 7.11 Å². The van der Waals surface area contributed by atoms with Crippen LogP contribution in [0.25, 0.3) is 0 Å². The van der Waals surface area contributed by atoms with Gasteiger partial charge in [-0.3, -0.25) is 9.59 Å². The van der Waals surface area contributed by atoms with E-state index in [9.17, 15) is 9.59 Å². The first-order valence-corrected chi connectivity index (χ1v) is 9.94. The molecule has 2 amide bonds. The number of nitrogens with two attached hydrogens (primary N) is 1. The van der Waals surface area contributed by atoms with Gasteiger partial charge in [-0.15, -0.1) is 0 Å². The number of primary amides is 1. The summed E-state index contributed by atoms with van der Waals surface area (Å²) in [6.07, 6.45) is 1.52. The van der Waals surface area contributed by atoms with Crippen LogP contribution in [-0.2, 0) is 4.79 Å². The molecule has 0 aromatic heterocycles. The molecule has 0 atom stereocenters. The van der Waals surface area contributed by atoms with Gasteiger partial charge in [-0.25, -0.2) is 0 Å². The first-order valence-electron chi connectivity index (χ1n) is 9.94. The Morgan fingerprint density at radius 2 is 1.67 bits per heavy atom. The Hall–Kier alpha value is -3.22. The van der Waals surface area contributed by atoms with Crippen LogP contribution in [0.3, 0.4) is 0 Å². The zero-order valence-electron chi connectivity index (χ0n) is 17.4. The van der Waals surface area contributed by atoms with Crippen LogP contribution < -0.4 is 19.9 Å². The van der Waals surface area contributed by atoms with Crippen molar-refractivity contribution in [3.63, 3.8) is 0 Å². The van der Waals surface area contributed by atoms with Crippen molar-refractivity contribution in [3.8, 4) is 17.2 Å². The van der Waals surface area contributed by atoms with Gasteiger partial charge in [-0.2, -0.15) is 0 Å². The smallest absolute Gasteiger partial charge is 0.253 e. The highest BCUT2D eigenvalue weighted by Crippen LogP contribution is 2.36. The van der Waals surface area contributed by atoms with Crippen LogP contribution in [-0.4, -0.2) is 50.6 Å². The largest absolute Gasteiger partial charge is 0.493 e. The van der Waals surface area contributed by atoms with Gasteiger partial charge in [0, 0.05) is 30.5 Å². The zero-order valence-corrected chi connectivity index (χ0v) is 17.4. The summed E-state index contributed by atoms with van der Waals surface area (Å²) in [5, 5.41) is 0. The third kappa shape index (κ3) is 5.03. The lowest BCUT2D eigenvalue weighted by atomic mass is 9.76. The number of carbonyl (C=O) groups is 2. The number of hydrogen-bond acceptors (Lipinski definition) is 5. The molecule has 1 aliphatic heterocycles. The van der Waals surface area contributed by atoms with E-state index < -0.39 is 0 Å². The molecule has 7 nitrogen and oxygen atoms in total. The molecule has 0 spiro atoms. The molecule has 1 fully saturated rings. The van der Waals surface area contributed by atoms with Crippen molar-refractivity contribution in [2.75, 3.05) is 33.9 Å². The predicted molar refractivity (Wildman–Crippen MR) is 113 cm³/mol. The number of ether oxygens (including phenoxy) is 3. The van der Waals surface area contributed by atoms with Crippen molar-refractivity contribution in [1.82, 2.24) is 4.90 Å². The van der Waals surface area contributed by atoms with Crippen LogP contribution >= 0.6 is 0 Å². The summed E-state index contributed by atoms with van der Waals surface area (Å²) in [5.74, 6) is 1.41. The molecule has 7 heteroatoms. The molecule has 2 aromatic carbocycles. The lowest BCUT2D eigenvalue weighted by Crippen LogP contribution is -2.47. The molecule has 1 heterocycles. The molecular weight excluding hydrogens is 384 g/mol. The Bertz CT molecular complexity index is 876. The molecular formula is C23H28N2O5. The van der Waals surface area contributed by atoms with Crippen LogP contribution in [0.4, 0.5) is 0 Å². The summed E-state index contributed by atoms with van der Waals surface area (Å²) in [7, 11) is 3.09. The summed E-state index contributed by atoms with van der Waals surface area (Å²) in [6, 6.07) is 14.6. The van der Waals surface area contributed by atoms with E-state index >= 15 is 0 Å². The van der Waals surface area contributed by atoms with Gasteiger partial charge < -0.3 is 24.8 Å². The number of carbonyl (C=O) groups excluding carboxylic acids is 2. The summed E-state index contributed by atoms with van der Waals surface area (Å²) < 4.78 is 16.5. The SMILES string of the molecule is COc1ccc(C(=O)N2CCC(COc3ccccc3)(CC(N)=O)CC2)cc1OC. The van der Waals surface area contributed by atoms with Crippen LogP contribution in [0.15, 0.2) is 48.5 Å². The summed E-state index contributed by atoms with van der Waals surface area (Å²) in [6.45, 7) is 1.44. The Morgan fingerprint density at radius 3 is 2.27 bits per heavy atom. The Labute approximate surface area is 176 Å². The quantitative estimate of drug-likeness (QED) is 0.720. The van der Waals surface area contributed by atoms with E-state index in [2.05, 4.69) is 0 Å². The monoisotopic (exact) mass is 412 g/mol. The van der Waals surface area contributed by atoms with E-state index in [-0.39, 0.29) is 23.7 Å². The van der Waals surface area contributed by atoms with Gasteiger partial charge in [0.25, 0.3) is 5.91 Å². The van der Waals surface area contributed by atoms with Crippen molar-refractivity contribution >= 4 is 11.8 Å². The topological polar surface area (TPSA) is 91.1 Å². The molecule has 30 heavy (non-hydrogen) atoms. The Morgan fingerprint density at radius 1 is 1.00 bits per heavy atom. The van der Waals surface area contributed by atoms with Gasteiger partial charge in [0.05, 0.1) is 20.8 Å². The van der Waals surface area contributed by atoms with Crippen molar-refractivity contribution in [2.24, 2.45) is 11.1 Å². The van der Waals surface area contributed by atoms with Gasteiger partial charge in [-0.05, 0) is 43.2 Å². The maximum Gasteiger partial charge on any atom is 0.253 e. The molecule has 2 aromatic rings. The lowest BCUT2D eigenvalue weighted by Gasteiger charge is -2.41. The Kier molecular flexibility index (Phi) is 6.82. The number of piperidine rings is 1. The standard InChI is InChI=1S/C23H28N2O5/c1-28-19-9-8-17(14-20(19)29-2)22(27)25-12-10-23(11-13-25,15-21(24)26)16-30-18-6-4-3-5-7-18/h3-9,14H,10-13,15-16H2,1-2H3,(H2,24,26). The third-order valence-electron chi connectivity index (χ3n) is 5.58. The van der Waals surface area contributed by atoms with Crippen LogP contribution in [0, 0.1) is 5.41 Å². The molecule has 1 saturated heterocycles. The average molecular weight is 412 g/mol. The van der Waals surface area contributed by atoms with Gasteiger partial charge in [0.1, 0.15) is 5.75 Å². The molecule has 0 bridgehead atoms. The Balaban J connectivity index is 1.68. The van der Waals surface area contributed by atoms with Gasteiger partial charge in [-0.1, -0.05) is 18.2 Å². The van der Waals surface area contributed by atoms with Gasteiger partial charge in [0.15, 0.2) is 11.5 Å². The van der Waals surface area contributed by atoms with E-state index in [0.29, 0.717) is 49.6 Å². The highest BCUT2D eigenvalue weighted by atomic mass is 16.5. The van der Waals surface area contributed by atoms with Gasteiger partial charge in [0.2, 0.25) is 5.91 Å². The number of rotatable bonds is 8. The number of nitrogens with zero attached hydrogens (tertiary/aromatic N) is 1. The average Bonchev–Trinajstić information content (AvgIpc) is 2.77. The predicted octanol–water partition coefficient (Wildman–Crippen LogP) is 2.88. The van der Waals surface area contributed by atoms with Crippen molar-refractivity contribution in [1.29, 1.82) is 0 Å². The minimum Gasteiger partial charge on any atom is -0.493 e. The number of likely N-dealkylation sites (tertiary alicyclic amines) is 1. The molecule has 0 unspecified atom stereocenters. The first-order chi connectivity index (χ1) is 14.5. The third-order valence-corrected chi connectivity index (χ3v) is 5.58. The number of benzene rings is 2. The number of hydrogen-bond donors (Lipinski definition) is 1. The van der Waals surface area contributed by atoms with Crippen molar-refractivity contribution < 1.29 is 23.8 Å². The van der Waals surface area contributed by atoms with Crippen LogP contribution in [0.5, 0.6) is 17.2 Å². The maximum absolute atomic E-state index is 13.0. The molecule has 1 aliphatic rings. The second-order valence-corrected chi connectivity index (χ2v) is 7.61. The fourth-order valence-corrected chi connectivity index (χ4v) is 3.83. The number of methoxy groups -OCH3 is 2. The number of amides is 2. The minimum absolute atomic E-state index is 0.0763. The highest BCUT2D eigenvalue weighted by Gasteiger charge is 2.38. The molecule has 0 saturated carbocycles. The zero-order chi connectivity index (χ0) is 21.6. The van der Waals surface area contributed by atoms with E-state index in [4.69, 9.17) is 19.9 Å². The van der Waals surface area contributed by atoms with Gasteiger partial charge >= 0.3 is 0 Å². The lowest BCUT2D eigenvalue weighted by molar-refractivity contribution is -0.121. The van der Waals surface area contributed by atoms with E-state index in [1.807, 2.05) is 30.3 Å². The molecule has 0 radical (unpaired) electrons. The van der Waals surface area contributed by atoms with Crippen LogP contribution in [0.1, 0.15) is 29.6 Å². The normalized spacial score (nSPS) is 15.3. The molecule has 160 valence electrons. The van der Waals surface area contributed by atoms with Crippen LogP contribution in [0.2, 0.25) is 0 Å². The second kappa shape index (κ2) is 9.52. The minimum atomic E-state index is -0.379. The molecule has 2 N–H and O–H groups in total. The number of para-hydroxylation sites is 1. The molecule has 3 rings (SSSR count).